The number of rotatable bonds is 6. The standard InChI is InChI=1S/C24H25FN4S/c1-5-7-16(3)18-10-13-22-26-20(6-2)23(29(22)14-18)28(4)24-27-21(15-30-24)17-8-11-19(25)12-9-17/h7-15H,5-6H2,1-4H3/b16-7+. The third kappa shape index (κ3) is 3.75. The van der Waals surface area contributed by atoms with E-state index >= 15 is 0 Å². The van der Waals surface area contributed by atoms with E-state index in [9.17, 15) is 4.39 Å². The molecule has 3 aromatic heterocycles. The second-order valence-corrected chi connectivity index (χ2v) is 8.09. The molecule has 4 aromatic rings. The molecule has 0 saturated heterocycles. The van der Waals surface area contributed by atoms with E-state index in [-0.39, 0.29) is 5.82 Å². The zero-order chi connectivity index (χ0) is 21.3. The number of hydrogen-bond acceptors (Lipinski definition) is 4. The molecule has 3 heterocycles. The van der Waals surface area contributed by atoms with Crippen LogP contribution in [0.15, 0.2) is 54.1 Å². The average Bonchev–Trinajstić information content (AvgIpc) is 3.38. The number of halogens is 1. The van der Waals surface area contributed by atoms with Gasteiger partial charge in [0.2, 0.25) is 0 Å². The van der Waals surface area contributed by atoms with Gasteiger partial charge in [-0.25, -0.2) is 14.4 Å². The molecule has 0 amide bonds. The number of allylic oxidation sites excluding steroid dienone is 2. The van der Waals surface area contributed by atoms with E-state index in [1.807, 2.05) is 12.4 Å². The van der Waals surface area contributed by atoms with Crippen molar-refractivity contribution < 1.29 is 4.39 Å². The van der Waals surface area contributed by atoms with Gasteiger partial charge in [-0.3, -0.25) is 4.40 Å². The molecule has 0 aliphatic rings. The Morgan fingerprint density at radius 3 is 2.60 bits per heavy atom. The molecule has 0 aliphatic heterocycles. The van der Waals surface area contributed by atoms with E-state index in [0.717, 1.165) is 46.4 Å². The molecule has 0 atom stereocenters. The van der Waals surface area contributed by atoms with Gasteiger partial charge in [-0.15, -0.1) is 11.3 Å². The van der Waals surface area contributed by atoms with Crippen LogP contribution in [0, 0.1) is 5.82 Å². The van der Waals surface area contributed by atoms with E-state index in [0.29, 0.717) is 0 Å². The molecular formula is C24H25FN4S. The van der Waals surface area contributed by atoms with Crippen LogP contribution in [0.4, 0.5) is 15.3 Å². The molecule has 0 fully saturated rings. The fraction of sp³-hybridized carbons (Fsp3) is 0.250. The Bertz CT molecular complexity index is 1200. The van der Waals surface area contributed by atoms with Crippen molar-refractivity contribution in [3.63, 3.8) is 0 Å². The number of pyridine rings is 1. The van der Waals surface area contributed by atoms with Gasteiger partial charge in [0, 0.05) is 24.2 Å². The molecule has 154 valence electrons. The minimum atomic E-state index is -0.243. The van der Waals surface area contributed by atoms with Gasteiger partial charge in [0.1, 0.15) is 17.3 Å². The van der Waals surface area contributed by atoms with Crippen LogP contribution in [0.3, 0.4) is 0 Å². The van der Waals surface area contributed by atoms with Crippen molar-refractivity contribution in [2.45, 2.75) is 33.6 Å². The van der Waals surface area contributed by atoms with Gasteiger partial charge < -0.3 is 4.90 Å². The van der Waals surface area contributed by atoms with Crippen LogP contribution in [-0.4, -0.2) is 21.4 Å². The molecule has 0 unspecified atom stereocenters. The highest BCUT2D eigenvalue weighted by Gasteiger charge is 2.19. The summed E-state index contributed by atoms with van der Waals surface area (Å²) in [6.07, 6.45) is 6.23. The quantitative estimate of drug-likeness (QED) is 0.346. The number of thiazole rings is 1. The summed E-state index contributed by atoms with van der Waals surface area (Å²) < 4.78 is 15.4. The summed E-state index contributed by atoms with van der Waals surface area (Å²) in [4.78, 5) is 11.7. The number of aryl methyl sites for hydroxylation is 1. The van der Waals surface area contributed by atoms with Crippen molar-refractivity contribution >= 4 is 33.5 Å². The fourth-order valence-electron chi connectivity index (χ4n) is 3.59. The maximum Gasteiger partial charge on any atom is 0.191 e. The number of hydrogen-bond donors (Lipinski definition) is 0. The molecule has 0 bridgehead atoms. The molecule has 4 rings (SSSR count). The molecule has 0 saturated carbocycles. The molecule has 4 nitrogen and oxygen atoms in total. The first-order valence-electron chi connectivity index (χ1n) is 10.1. The summed E-state index contributed by atoms with van der Waals surface area (Å²) in [6, 6.07) is 10.6. The first kappa shape index (κ1) is 20.3. The van der Waals surface area contributed by atoms with E-state index in [2.05, 4.69) is 54.5 Å². The normalized spacial score (nSPS) is 12.0. The Kier molecular flexibility index (Phi) is 5.68. The minimum Gasteiger partial charge on any atom is -0.305 e. The van der Waals surface area contributed by atoms with E-state index in [1.165, 1.54) is 23.3 Å². The SMILES string of the molecule is CC/C=C(\C)c1ccc2nc(CC)c(N(C)c3nc(-c4ccc(F)cc4)cs3)n2c1. The number of benzene rings is 1. The summed E-state index contributed by atoms with van der Waals surface area (Å²) in [5.74, 6) is 0.784. The summed E-state index contributed by atoms with van der Waals surface area (Å²) in [5.41, 5.74) is 6.15. The lowest BCUT2D eigenvalue weighted by Gasteiger charge is -2.17. The van der Waals surface area contributed by atoms with Crippen LogP contribution >= 0.6 is 11.3 Å². The highest BCUT2D eigenvalue weighted by molar-refractivity contribution is 7.14. The van der Waals surface area contributed by atoms with Gasteiger partial charge in [-0.1, -0.05) is 19.9 Å². The van der Waals surface area contributed by atoms with Crippen molar-refractivity contribution in [3.05, 3.63) is 71.1 Å². The van der Waals surface area contributed by atoms with Gasteiger partial charge >= 0.3 is 0 Å². The van der Waals surface area contributed by atoms with Crippen LogP contribution in [-0.2, 0) is 6.42 Å². The Morgan fingerprint density at radius 2 is 1.90 bits per heavy atom. The average molecular weight is 421 g/mol. The zero-order valence-corrected chi connectivity index (χ0v) is 18.5. The van der Waals surface area contributed by atoms with E-state index in [1.54, 1.807) is 23.5 Å². The van der Waals surface area contributed by atoms with Crippen molar-refractivity contribution in [1.82, 2.24) is 14.4 Å². The highest BCUT2D eigenvalue weighted by Crippen LogP contribution is 2.34. The summed E-state index contributed by atoms with van der Waals surface area (Å²) >= 11 is 1.57. The number of anilines is 2. The molecule has 0 spiro atoms. The first-order chi connectivity index (χ1) is 14.5. The Balaban J connectivity index is 1.77. The first-order valence-corrected chi connectivity index (χ1v) is 11.0. The molecule has 30 heavy (non-hydrogen) atoms. The highest BCUT2D eigenvalue weighted by atomic mass is 32.1. The molecule has 1 aromatic carbocycles. The number of imidazole rings is 1. The van der Waals surface area contributed by atoms with E-state index in [4.69, 9.17) is 9.97 Å². The minimum absolute atomic E-state index is 0.243. The number of aromatic nitrogens is 3. The topological polar surface area (TPSA) is 33.4 Å². The van der Waals surface area contributed by atoms with Crippen LogP contribution in [0.2, 0.25) is 0 Å². The van der Waals surface area contributed by atoms with Crippen molar-refractivity contribution in [2.75, 3.05) is 11.9 Å². The maximum atomic E-state index is 13.3. The third-order valence-corrected chi connectivity index (χ3v) is 6.12. The van der Waals surface area contributed by atoms with Crippen molar-refractivity contribution in [3.8, 4) is 11.3 Å². The van der Waals surface area contributed by atoms with Gasteiger partial charge in [-0.2, -0.15) is 0 Å². The molecule has 0 N–H and O–H groups in total. The lowest BCUT2D eigenvalue weighted by Crippen LogP contribution is -2.13. The summed E-state index contributed by atoms with van der Waals surface area (Å²) in [6.45, 7) is 6.41. The Morgan fingerprint density at radius 1 is 1.13 bits per heavy atom. The lowest BCUT2D eigenvalue weighted by atomic mass is 10.1. The summed E-state index contributed by atoms with van der Waals surface area (Å²) in [5, 5.41) is 2.88. The predicted molar refractivity (Wildman–Crippen MR) is 124 cm³/mol. The Labute approximate surface area is 180 Å². The van der Waals surface area contributed by atoms with Crippen LogP contribution in [0.25, 0.3) is 22.5 Å². The number of nitrogens with zero attached hydrogens (tertiary/aromatic N) is 4. The lowest BCUT2D eigenvalue weighted by molar-refractivity contribution is 0.628. The number of fused-ring (bicyclic) bond motifs is 1. The predicted octanol–water partition coefficient (Wildman–Crippen LogP) is 6.74. The zero-order valence-electron chi connectivity index (χ0n) is 17.7. The van der Waals surface area contributed by atoms with Crippen LogP contribution in [0.1, 0.15) is 38.4 Å². The molecule has 0 aliphatic carbocycles. The van der Waals surface area contributed by atoms with Crippen LogP contribution < -0.4 is 4.90 Å². The molecule has 6 heteroatoms. The third-order valence-electron chi connectivity index (χ3n) is 5.20. The van der Waals surface area contributed by atoms with Gasteiger partial charge in [-0.05, 0) is 67.3 Å². The maximum absolute atomic E-state index is 13.3. The summed E-state index contributed by atoms with van der Waals surface area (Å²) in [7, 11) is 2.03. The van der Waals surface area contributed by atoms with Crippen molar-refractivity contribution in [2.24, 2.45) is 0 Å². The second-order valence-electron chi connectivity index (χ2n) is 7.26. The largest absolute Gasteiger partial charge is 0.305 e. The van der Waals surface area contributed by atoms with Gasteiger partial charge in [0.25, 0.3) is 0 Å². The fourth-order valence-corrected chi connectivity index (χ4v) is 4.39. The van der Waals surface area contributed by atoms with E-state index < -0.39 is 0 Å². The molecular weight excluding hydrogens is 395 g/mol. The van der Waals surface area contributed by atoms with Crippen molar-refractivity contribution in [1.29, 1.82) is 0 Å². The smallest absolute Gasteiger partial charge is 0.191 e. The Hall–Kier alpha value is -2.99. The second kappa shape index (κ2) is 8.40. The van der Waals surface area contributed by atoms with Gasteiger partial charge in [0.15, 0.2) is 5.13 Å². The van der Waals surface area contributed by atoms with Gasteiger partial charge in [0.05, 0.1) is 11.4 Å². The van der Waals surface area contributed by atoms with Crippen LogP contribution in [0.5, 0.6) is 0 Å². The molecule has 0 radical (unpaired) electrons. The monoisotopic (exact) mass is 420 g/mol.